The maximum absolute atomic E-state index is 12.3. The first-order valence-electron chi connectivity index (χ1n) is 6.79. The molecule has 1 unspecified atom stereocenters. The summed E-state index contributed by atoms with van der Waals surface area (Å²) in [4.78, 5) is 16.9. The number of nitrogen functional groups attached to an aromatic ring is 1. The van der Waals surface area contributed by atoms with E-state index in [1.54, 1.807) is 6.07 Å². The second-order valence-corrected chi connectivity index (χ2v) is 5.16. The molecule has 4 rings (SSSR count). The number of anilines is 2. The normalized spacial score (nSPS) is 16.8. The number of nitrogens with two attached hydrogens (primary N) is 1. The topological polar surface area (TPSA) is 68.0 Å². The number of hydrogen-bond acceptors (Lipinski definition) is 3. The van der Waals surface area contributed by atoms with Gasteiger partial charge in [-0.2, -0.15) is 0 Å². The molecule has 3 aromatic rings. The van der Waals surface area contributed by atoms with Gasteiger partial charge < -0.3 is 11.1 Å². The lowest BCUT2D eigenvalue weighted by Crippen LogP contribution is -2.14. The van der Waals surface area contributed by atoms with Crippen molar-refractivity contribution < 1.29 is 4.79 Å². The molecule has 1 aromatic heterocycles. The van der Waals surface area contributed by atoms with Crippen molar-refractivity contribution in [2.75, 3.05) is 11.1 Å². The van der Waals surface area contributed by atoms with E-state index in [0.29, 0.717) is 11.4 Å². The van der Waals surface area contributed by atoms with Gasteiger partial charge in [0.15, 0.2) is 0 Å². The fraction of sp³-hybridized carbons (Fsp3) is 0.0588. The van der Waals surface area contributed by atoms with Gasteiger partial charge in [0.2, 0.25) is 5.91 Å². The monoisotopic (exact) mass is 275 g/mol. The zero-order valence-electron chi connectivity index (χ0n) is 11.2. The predicted molar refractivity (Wildman–Crippen MR) is 83.1 cm³/mol. The number of carbonyl (C=O) groups excluding carboxylic acids is 1. The molecule has 4 heteroatoms. The summed E-state index contributed by atoms with van der Waals surface area (Å²) in [5.74, 6) is -0.452. The van der Waals surface area contributed by atoms with E-state index in [1.165, 1.54) is 0 Å². The molecule has 21 heavy (non-hydrogen) atoms. The maximum atomic E-state index is 12.3. The third-order valence-electron chi connectivity index (χ3n) is 3.86. The van der Waals surface area contributed by atoms with E-state index in [4.69, 9.17) is 5.73 Å². The molecule has 0 saturated heterocycles. The number of aromatic nitrogens is 1. The number of benzene rings is 2. The van der Waals surface area contributed by atoms with Gasteiger partial charge in [-0.1, -0.05) is 36.4 Å². The van der Waals surface area contributed by atoms with Crippen LogP contribution in [0.1, 0.15) is 17.2 Å². The first kappa shape index (κ1) is 11.9. The lowest BCUT2D eigenvalue weighted by atomic mass is 9.95. The van der Waals surface area contributed by atoms with Crippen molar-refractivity contribution in [3.63, 3.8) is 0 Å². The number of pyridine rings is 1. The number of para-hydroxylation sites is 2. The van der Waals surface area contributed by atoms with Crippen LogP contribution in [0, 0.1) is 0 Å². The van der Waals surface area contributed by atoms with Gasteiger partial charge >= 0.3 is 0 Å². The maximum Gasteiger partial charge on any atom is 0.238 e. The molecule has 0 spiro atoms. The van der Waals surface area contributed by atoms with Crippen LogP contribution in [0.25, 0.3) is 10.9 Å². The summed E-state index contributed by atoms with van der Waals surface area (Å²) in [5.41, 5.74) is 10.1. The number of fused-ring (bicyclic) bond motifs is 2. The molecule has 0 bridgehead atoms. The van der Waals surface area contributed by atoms with E-state index in [1.807, 2.05) is 48.5 Å². The van der Waals surface area contributed by atoms with E-state index in [-0.39, 0.29) is 5.91 Å². The fourth-order valence-corrected chi connectivity index (χ4v) is 2.87. The quantitative estimate of drug-likeness (QED) is 0.717. The summed E-state index contributed by atoms with van der Waals surface area (Å²) in [7, 11) is 0. The van der Waals surface area contributed by atoms with Crippen LogP contribution in [-0.4, -0.2) is 10.9 Å². The van der Waals surface area contributed by atoms with E-state index in [9.17, 15) is 4.79 Å². The van der Waals surface area contributed by atoms with E-state index in [2.05, 4.69) is 10.3 Å². The lowest BCUT2D eigenvalue weighted by Gasteiger charge is -2.11. The Bertz CT molecular complexity index is 873. The van der Waals surface area contributed by atoms with Crippen molar-refractivity contribution in [1.29, 1.82) is 0 Å². The fourth-order valence-electron chi connectivity index (χ4n) is 2.87. The highest BCUT2D eigenvalue weighted by Crippen LogP contribution is 2.37. The minimum absolute atomic E-state index is 0.0571. The second-order valence-electron chi connectivity index (χ2n) is 5.16. The standard InChI is InChI=1S/C17H13N3O/c18-12-9-15(19-13-7-3-1-5-10(12)13)16-11-6-2-4-8-14(11)20-17(16)21/h1-9,16H,(H2,18,19)(H,20,21). The number of nitrogens with zero attached hydrogens (tertiary/aromatic N) is 1. The molecule has 1 aliphatic rings. The van der Waals surface area contributed by atoms with Crippen LogP contribution in [0.2, 0.25) is 0 Å². The van der Waals surface area contributed by atoms with Gasteiger partial charge in [-0.05, 0) is 23.8 Å². The van der Waals surface area contributed by atoms with Crippen molar-refractivity contribution in [3.05, 3.63) is 65.9 Å². The van der Waals surface area contributed by atoms with Gasteiger partial charge in [-0.15, -0.1) is 0 Å². The summed E-state index contributed by atoms with van der Waals surface area (Å²) >= 11 is 0. The van der Waals surface area contributed by atoms with Crippen molar-refractivity contribution >= 4 is 28.2 Å². The Balaban J connectivity index is 1.93. The van der Waals surface area contributed by atoms with Gasteiger partial charge in [0.05, 0.1) is 11.2 Å². The minimum atomic E-state index is -0.395. The highest BCUT2D eigenvalue weighted by molar-refractivity contribution is 6.05. The zero-order valence-corrected chi connectivity index (χ0v) is 11.2. The van der Waals surface area contributed by atoms with Crippen molar-refractivity contribution in [3.8, 4) is 0 Å². The third-order valence-corrected chi connectivity index (χ3v) is 3.86. The molecule has 0 aliphatic carbocycles. The average molecular weight is 275 g/mol. The molecule has 4 nitrogen and oxygen atoms in total. The van der Waals surface area contributed by atoms with E-state index < -0.39 is 5.92 Å². The van der Waals surface area contributed by atoms with Crippen molar-refractivity contribution in [2.24, 2.45) is 0 Å². The van der Waals surface area contributed by atoms with Gasteiger partial charge in [-0.3, -0.25) is 9.78 Å². The molecule has 1 amide bonds. The first-order valence-corrected chi connectivity index (χ1v) is 6.79. The predicted octanol–water partition coefficient (Wildman–Crippen LogP) is 2.90. The second kappa shape index (κ2) is 4.31. The van der Waals surface area contributed by atoms with Crippen LogP contribution in [0.4, 0.5) is 11.4 Å². The summed E-state index contributed by atoms with van der Waals surface area (Å²) in [6, 6.07) is 17.2. The molecule has 2 aromatic carbocycles. The Hall–Kier alpha value is -2.88. The molecule has 2 heterocycles. The van der Waals surface area contributed by atoms with E-state index >= 15 is 0 Å². The van der Waals surface area contributed by atoms with Gasteiger partial charge in [0, 0.05) is 16.8 Å². The Labute approximate surface area is 121 Å². The smallest absolute Gasteiger partial charge is 0.238 e. The van der Waals surface area contributed by atoms with Crippen LogP contribution in [0.15, 0.2) is 54.6 Å². The summed E-state index contributed by atoms with van der Waals surface area (Å²) in [5, 5.41) is 3.80. The van der Waals surface area contributed by atoms with Crippen LogP contribution >= 0.6 is 0 Å². The largest absolute Gasteiger partial charge is 0.398 e. The number of hydrogen-bond donors (Lipinski definition) is 2. The van der Waals surface area contributed by atoms with E-state index in [0.717, 1.165) is 22.2 Å². The Morgan fingerprint density at radius 2 is 1.81 bits per heavy atom. The van der Waals surface area contributed by atoms with Gasteiger partial charge in [-0.25, -0.2) is 0 Å². The summed E-state index contributed by atoms with van der Waals surface area (Å²) < 4.78 is 0. The van der Waals surface area contributed by atoms with Gasteiger partial charge in [0.25, 0.3) is 0 Å². The molecule has 1 atom stereocenters. The number of amides is 1. The third kappa shape index (κ3) is 1.76. The Morgan fingerprint density at radius 3 is 2.71 bits per heavy atom. The highest BCUT2D eigenvalue weighted by atomic mass is 16.2. The molecule has 1 aliphatic heterocycles. The molecule has 3 N–H and O–H groups in total. The zero-order chi connectivity index (χ0) is 14.4. The van der Waals surface area contributed by atoms with Gasteiger partial charge in [0.1, 0.15) is 5.92 Å². The number of rotatable bonds is 1. The van der Waals surface area contributed by atoms with Crippen molar-refractivity contribution in [1.82, 2.24) is 4.98 Å². The van der Waals surface area contributed by atoms with Crippen LogP contribution in [0.5, 0.6) is 0 Å². The number of carbonyl (C=O) groups is 1. The number of nitrogens with one attached hydrogen (secondary N) is 1. The molecular formula is C17H13N3O. The first-order chi connectivity index (χ1) is 10.2. The molecule has 102 valence electrons. The SMILES string of the molecule is Nc1cc(C2C(=O)Nc3ccccc32)nc2ccccc12. The average Bonchev–Trinajstić information content (AvgIpc) is 2.83. The Morgan fingerprint density at radius 1 is 1.05 bits per heavy atom. The van der Waals surface area contributed by atoms with Crippen molar-refractivity contribution in [2.45, 2.75) is 5.92 Å². The summed E-state index contributed by atoms with van der Waals surface area (Å²) in [6.45, 7) is 0. The molecule has 0 saturated carbocycles. The minimum Gasteiger partial charge on any atom is -0.398 e. The molecule has 0 radical (unpaired) electrons. The van der Waals surface area contributed by atoms with Crippen LogP contribution < -0.4 is 11.1 Å². The molecular weight excluding hydrogens is 262 g/mol. The lowest BCUT2D eigenvalue weighted by molar-refractivity contribution is -0.116. The van der Waals surface area contributed by atoms with Crippen LogP contribution in [-0.2, 0) is 4.79 Å². The van der Waals surface area contributed by atoms with Crippen LogP contribution in [0.3, 0.4) is 0 Å². The summed E-state index contributed by atoms with van der Waals surface area (Å²) in [6.07, 6.45) is 0. The highest BCUT2D eigenvalue weighted by Gasteiger charge is 2.32. The Kier molecular flexibility index (Phi) is 2.44. The molecule has 0 fully saturated rings.